The fourth-order valence-corrected chi connectivity index (χ4v) is 0.161. The van der Waals surface area contributed by atoms with Crippen molar-refractivity contribution < 1.29 is 4.74 Å². The van der Waals surface area contributed by atoms with Gasteiger partial charge in [0, 0.05) is 13.7 Å². The van der Waals surface area contributed by atoms with E-state index in [1.807, 2.05) is 0 Å². The predicted octanol–water partition coefficient (Wildman–Crippen LogP) is -1.00. The number of thiocarbonyl (C=S) groups is 1. The first-order valence-electron chi connectivity index (χ1n) is 2.41. The zero-order valence-electron chi connectivity index (χ0n) is 5.46. The summed E-state index contributed by atoms with van der Waals surface area (Å²) in [5, 5.41) is 0. The molecule has 9 heavy (non-hydrogen) atoms. The van der Waals surface area contributed by atoms with E-state index in [1.54, 1.807) is 7.11 Å². The van der Waals surface area contributed by atoms with Crippen LogP contribution in [0.4, 0.5) is 0 Å². The molecule has 0 bridgehead atoms. The van der Waals surface area contributed by atoms with Crippen molar-refractivity contribution >= 4 is 17.7 Å². The lowest BCUT2D eigenvalue weighted by Gasteiger charge is -1.92. The molecular formula is C4H13N3OS. The maximum atomic E-state index is 4.88. The highest BCUT2D eigenvalue weighted by molar-refractivity contribution is 7.78. The molecule has 0 spiro atoms. The minimum Gasteiger partial charge on any atom is -0.396 e. The molecule has 0 rings (SSSR count). The Morgan fingerprint density at radius 1 is 1.78 bits per heavy atom. The summed E-state index contributed by atoms with van der Waals surface area (Å²) in [4.78, 5) is 0. The highest BCUT2D eigenvalue weighted by Gasteiger charge is 1.72. The number of hydrogen-bond acceptors (Lipinski definition) is 4. The SMILES string of the molecule is COCCNN.NC=S. The third-order valence-electron chi connectivity index (χ3n) is 0.451. The Labute approximate surface area is 60.5 Å². The molecule has 0 saturated heterocycles. The monoisotopic (exact) mass is 151 g/mol. The van der Waals surface area contributed by atoms with Crippen LogP contribution in [0.2, 0.25) is 0 Å². The summed E-state index contributed by atoms with van der Waals surface area (Å²) in [5.41, 5.74) is 8.06. The van der Waals surface area contributed by atoms with E-state index < -0.39 is 0 Å². The number of rotatable bonds is 3. The lowest BCUT2D eigenvalue weighted by Crippen LogP contribution is -2.25. The molecule has 0 saturated carbocycles. The number of hydrazine groups is 1. The molecule has 0 unspecified atom stereocenters. The third-order valence-corrected chi connectivity index (χ3v) is 0.451. The van der Waals surface area contributed by atoms with Crippen LogP contribution >= 0.6 is 12.2 Å². The Bertz CT molecular complexity index is 49.1. The minimum absolute atomic E-state index is 0.677. The first-order valence-corrected chi connectivity index (χ1v) is 2.88. The second-order valence-corrected chi connectivity index (χ2v) is 1.36. The molecule has 0 aromatic rings. The quantitative estimate of drug-likeness (QED) is 0.209. The van der Waals surface area contributed by atoms with Crippen LogP contribution in [0.3, 0.4) is 0 Å². The first-order chi connectivity index (χ1) is 4.33. The maximum Gasteiger partial charge on any atom is 0.0601 e. The van der Waals surface area contributed by atoms with Gasteiger partial charge in [0.05, 0.1) is 12.1 Å². The van der Waals surface area contributed by atoms with E-state index in [2.05, 4.69) is 28.1 Å². The van der Waals surface area contributed by atoms with Crippen molar-refractivity contribution in [3.05, 3.63) is 0 Å². The molecule has 0 heterocycles. The number of methoxy groups -OCH3 is 1. The van der Waals surface area contributed by atoms with Gasteiger partial charge < -0.3 is 10.5 Å². The van der Waals surface area contributed by atoms with Gasteiger partial charge in [-0.05, 0) is 0 Å². The molecule has 0 aliphatic rings. The van der Waals surface area contributed by atoms with Crippen molar-refractivity contribution in [3.8, 4) is 0 Å². The lowest BCUT2D eigenvalue weighted by molar-refractivity contribution is 0.200. The molecule has 0 radical (unpaired) electrons. The van der Waals surface area contributed by atoms with Crippen LogP contribution in [0, 0.1) is 0 Å². The van der Waals surface area contributed by atoms with E-state index in [1.165, 1.54) is 0 Å². The van der Waals surface area contributed by atoms with Crippen LogP contribution in [-0.4, -0.2) is 25.8 Å². The van der Waals surface area contributed by atoms with Gasteiger partial charge in [0.1, 0.15) is 0 Å². The van der Waals surface area contributed by atoms with Crippen LogP contribution < -0.4 is 17.0 Å². The molecule has 0 aliphatic heterocycles. The van der Waals surface area contributed by atoms with Crippen LogP contribution in [0.15, 0.2) is 0 Å². The molecular weight excluding hydrogens is 138 g/mol. The Balaban J connectivity index is 0. The Hall–Kier alpha value is -0.230. The minimum atomic E-state index is 0.677. The zero-order valence-corrected chi connectivity index (χ0v) is 6.28. The van der Waals surface area contributed by atoms with E-state index in [4.69, 9.17) is 5.84 Å². The summed E-state index contributed by atoms with van der Waals surface area (Å²) in [5.74, 6) is 4.88. The summed E-state index contributed by atoms with van der Waals surface area (Å²) >= 11 is 4.05. The summed E-state index contributed by atoms with van der Waals surface area (Å²) < 4.78 is 4.64. The standard InChI is InChI=1S/C3H10N2O.CH3NS/c1-6-3-2-5-4;2-1-3/h5H,2-4H2,1H3;1H,(H2,2,3). The largest absolute Gasteiger partial charge is 0.396 e. The second kappa shape index (κ2) is 15.7. The highest BCUT2D eigenvalue weighted by atomic mass is 32.1. The van der Waals surface area contributed by atoms with E-state index in [9.17, 15) is 0 Å². The molecule has 0 aromatic carbocycles. The second-order valence-electron chi connectivity index (χ2n) is 1.08. The van der Waals surface area contributed by atoms with Gasteiger partial charge in [-0.15, -0.1) is 0 Å². The molecule has 4 nitrogen and oxygen atoms in total. The molecule has 0 atom stereocenters. The lowest BCUT2D eigenvalue weighted by atomic mass is 10.7. The van der Waals surface area contributed by atoms with Gasteiger partial charge in [0.15, 0.2) is 0 Å². The van der Waals surface area contributed by atoms with E-state index >= 15 is 0 Å². The van der Waals surface area contributed by atoms with Crippen molar-refractivity contribution in [3.63, 3.8) is 0 Å². The summed E-state index contributed by atoms with van der Waals surface area (Å²) in [7, 11) is 1.64. The molecule has 0 aromatic heterocycles. The molecule has 0 fully saturated rings. The maximum absolute atomic E-state index is 4.88. The fourth-order valence-electron chi connectivity index (χ4n) is 0.161. The predicted molar refractivity (Wildman–Crippen MR) is 41.9 cm³/mol. The summed E-state index contributed by atoms with van der Waals surface area (Å²) in [6.45, 7) is 1.40. The van der Waals surface area contributed by atoms with E-state index in [0.29, 0.717) is 6.61 Å². The van der Waals surface area contributed by atoms with Crippen LogP contribution in [0.1, 0.15) is 0 Å². The van der Waals surface area contributed by atoms with Crippen LogP contribution in [0.25, 0.3) is 0 Å². The number of ether oxygens (including phenoxy) is 1. The first kappa shape index (κ1) is 11.6. The molecule has 0 aliphatic carbocycles. The van der Waals surface area contributed by atoms with Crippen LogP contribution in [0.5, 0.6) is 0 Å². The van der Waals surface area contributed by atoms with Gasteiger partial charge in [-0.25, -0.2) is 0 Å². The van der Waals surface area contributed by atoms with Gasteiger partial charge in [-0.3, -0.25) is 11.3 Å². The normalized spacial score (nSPS) is 7.33. The molecule has 5 N–H and O–H groups in total. The highest BCUT2D eigenvalue weighted by Crippen LogP contribution is 1.56. The Kier molecular flexibility index (Phi) is 20.1. The van der Waals surface area contributed by atoms with Crippen molar-refractivity contribution in [2.45, 2.75) is 0 Å². The van der Waals surface area contributed by atoms with Gasteiger partial charge in [0.25, 0.3) is 0 Å². The number of nitrogens with one attached hydrogen (secondary N) is 1. The van der Waals surface area contributed by atoms with Gasteiger partial charge in [0.2, 0.25) is 0 Å². The van der Waals surface area contributed by atoms with Crippen molar-refractivity contribution in [2.24, 2.45) is 11.6 Å². The zero-order chi connectivity index (χ0) is 7.54. The van der Waals surface area contributed by atoms with Crippen molar-refractivity contribution in [2.75, 3.05) is 20.3 Å². The summed E-state index contributed by atoms with van der Waals surface area (Å²) in [6.07, 6.45) is 0. The van der Waals surface area contributed by atoms with Gasteiger partial charge >= 0.3 is 0 Å². The molecule has 5 heteroatoms. The summed E-state index contributed by atoms with van der Waals surface area (Å²) in [6, 6.07) is 0. The smallest absolute Gasteiger partial charge is 0.0601 e. The van der Waals surface area contributed by atoms with Crippen molar-refractivity contribution in [1.82, 2.24) is 5.43 Å². The van der Waals surface area contributed by atoms with Crippen LogP contribution in [-0.2, 0) is 4.74 Å². The van der Waals surface area contributed by atoms with Gasteiger partial charge in [-0.1, -0.05) is 12.2 Å². The molecule has 0 amide bonds. The molecule has 56 valence electrons. The number of hydrogen-bond donors (Lipinski definition) is 3. The fraction of sp³-hybridized carbons (Fsp3) is 0.750. The average molecular weight is 151 g/mol. The van der Waals surface area contributed by atoms with Gasteiger partial charge in [-0.2, -0.15) is 0 Å². The Morgan fingerprint density at radius 2 is 2.22 bits per heavy atom. The topological polar surface area (TPSA) is 73.3 Å². The van der Waals surface area contributed by atoms with E-state index in [-0.39, 0.29) is 0 Å². The van der Waals surface area contributed by atoms with Crippen molar-refractivity contribution in [1.29, 1.82) is 0 Å². The Morgan fingerprint density at radius 3 is 2.33 bits per heavy atom. The average Bonchev–Trinajstić information content (AvgIpc) is 1.86. The third kappa shape index (κ3) is 33.7. The number of nitrogens with two attached hydrogens (primary N) is 2. The van der Waals surface area contributed by atoms with E-state index in [0.717, 1.165) is 12.0 Å².